The smallest absolute Gasteiger partial charge is 0.0867 e. The van der Waals surface area contributed by atoms with E-state index in [9.17, 15) is 0 Å². The van der Waals surface area contributed by atoms with Gasteiger partial charge in [0.25, 0.3) is 0 Å². The van der Waals surface area contributed by atoms with Crippen molar-refractivity contribution in [3.63, 3.8) is 0 Å². The number of hydrogen-bond acceptors (Lipinski definition) is 3. The highest BCUT2D eigenvalue weighted by atomic mass is 16.5. The Bertz CT molecular complexity index is 336. The van der Waals surface area contributed by atoms with Crippen molar-refractivity contribution in [2.24, 2.45) is 0 Å². The van der Waals surface area contributed by atoms with Gasteiger partial charge in [-0.3, -0.25) is 4.98 Å². The minimum atomic E-state index is -0.160. The van der Waals surface area contributed by atoms with Gasteiger partial charge in [0.2, 0.25) is 0 Å². The average Bonchev–Trinajstić information content (AvgIpc) is 2.41. The number of aryl methyl sites for hydroxylation is 1. The lowest BCUT2D eigenvalue weighted by molar-refractivity contribution is -0.0483. The molecule has 0 saturated heterocycles. The number of pyridine rings is 1. The molecule has 18 heavy (non-hydrogen) atoms. The van der Waals surface area contributed by atoms with Gasteiger partial charge in [0.15, 0.2) is 0 Å². The van der Waals surface area contributed by atoms with Gasteiger partial charge in [-0.2, -0.15) is 0 Å². The number of aromatic nitrogens is 1. The normalized spacial score (nSPS) is 13.6. The lowest BCUT2D eigenvalue weighted by Crippen LogP contribution is -2.44. The van der Waals surface area contributed by atoms with Crippen LogP contribution in [0.2, 0.25) is 0 Å². The fourth-order valence-corrected chi connectivity index (χ4v) is 2.53. The topological polar surface area (TPSA) is 34.2 Å². The molecule has 3 heteroatoms. The van der Waals surface area contributed by atoms with Crippen LogP contribution in [0.5, 0.6) is 0 Å². The van der Waals surface area contributed by atoms with Crippen LogP contribution in [0.4, 0.5) is 0 Å². The first-order valence-electron chi connectivity index (χ1n) is 6.84. The van der Waals surface area contributed by atoms with Gasteiger partial charge in [-0.25, -0.2) is 0 Å². The molecule has 0 aliphatic rings. The molecule has 0 aliphatic carbocycles. The molecule has 0 fully saturated rings. The number of likely N-dealkylation sites (N-methyl/N-ethyl adjacent to an activating group) is 1. The fourth-order valence-electron chi connectivity index (χ4n) is 2.53. The van der Waals surface area contributed by atoms with E-state index in [0.29, 0.717) is 0 Å². The van der Waals surface area contributed by atoms with Gasteiger partial charge >= 0.3 is 0 Å². The summed E-state index contributed by atoms with van der Waals surface area (Å²) in [5.74, 6) is 0. The molecule has 0 aromatic carbocycles. The van der Waals surface area contributed by atoms with Gasteiger partial charge in [0.05, 0.1) is 11.6 Å². The maximum atomic E-state index is 5.85. The molecule has 3 nitrogen and oxygen atoms in total. The Morgan fingerprint density at radius 2 is 1.94 bits per heavy atom. The Hall–Kier alpha value is -0.930. The van der Waals surface area contributed by atoms with E-state index in [4.69, 9.17) is 4.74 Å². The molecule has 1 aromatic heterocycles. The largest absolute Gasteiger partial charge is 0.376 e. The van der Waals surface area contributed by atoms with E-state index < -0.39 is 0 Å². The maximum Gasteiger partial charge on any atom is 0.0867 e. The highest BCUT2D eigenvalue weighted by molar-refractivity contribution is 5.21. The van der Waals surface area contributed by atoms with E-state index in [-0.39, 0.29) is 11.6 Å². The summed E-state index contributed by atoms with van der Waals surface area (Å²) in [4.78, 5) is 4.40. The first-order valence-corrected chi connectivity index (χ1v) is 6.84. The summed E-state index contributed by atoms with van der Waals surface area (Å²) in [7, 11) is 1.80. The molecule has 1 heterocycles. The minimum Gasteiger partial charge on any atom is -0.376 e. The predicted octanol–water partition coefficient (Wildman–Crippen LogP) is 3.25. The molecule has 102 valence electrons. The highest BCUT2D eigenvalue weighted by Gasteiger charge is 2.36. The third-order valence-corrected chi connectivity index (χ3v) is 3.81. The number of ether oxygens (including phenoxy) is 1. The van der Waals surface area contributed by atoms with Gasteiger partial charge in [-0.05, 0) is 37.9 Å². The first kappa shape index (κ1) is 15.1. The van der Waals surface area contributed by atoms with Crippen LogP contribution in [0.3, 0.4) is 0 Å². The number of nitrogens with zero attached hydrogens (tertiary/aromatic N) is 1. The second-order valence-corrected chi connectivity index (χ2v) is 4.70. The third kappa shape index (κ3) is 3.09. The van der Waals surface area contributed by atoms with E-state index in [1.807, 2.05) is 13.1 Å². The van der Waals surface area contributed by atoms with Gasteiger partial charge in [0, 0.05) is 19.0 Å². The Balaban J connectivity index is 3.11. The van der Waals surface area contributed by atoms with Crippen molar-refractivity contribution in [3.8, 4) is 0 Å². The van der Waals surface area contributed by atoms with Crippen LogP contribution >= 0.6 is 0 Å². The summed E-state index contributed by atoms with van der Waals surface area (Å²) in [5, 5.41) is 3.55. The van der Waals surface area contributed by atoms with Crippen LogP contribution in [0, 0.1) is 6.92 Å². The average molecular weight is 250 g/mol. The second kappa shape index (κ2) is 6.86. The van der Waals surface area contributed by atoms with Gasteiger partial charge in [-0.1, -0.05) is 26.8 Å². The molecule has 0 amide bonds. The standard InChI is InChI=1S/C15H26N2O/c1-6-15(7-2,18-5)14(16-8-3)13-10-9-12(4)17-11-13/h9-11,14,16H,6-8H2,1-5H3. The Labute approximate surface area is 111 Å². The summed E-state index contributed by atoms with van der Waals surface area (Å²) in [6.45, 7) is 9.41. The predicted molar refractivity (Wildman–Crippen MR) is 75.7 cm³/mol. The van der Waals surface area contributed by atoms with Gasteiger partial charge in [0.1, 0.15) is 0 Å². The van der Waals surface area contributed by atoms with Crippen molar-refractivity contribution in [1.82, 2.24) is 10.3 Å². The van der Waals surface area contributed by atoms with Crippen LogP contribution in [-0.4, -0.2) is 24.2 Å². The summed E-state index contributed by atoms with van der Waals surface area (Å²) in [6.07, 6.45) is 3.92. The Morgan fingerprint density at radius 3 is 2.33 bits per heavy atom. The zero-order valence-electron chi connectivity index (χ0n) is 12.3. The van der Waals surface area contributed by atoms with Crippen LogP contribution in [0.25, 0.3) is 0 Å². The Morgan fingerprint density at radius 1 is 1.28 bits per heavy atom. The molecular formula is C15H26N2O. The van der Waals surface area contributed by atoms with Crippen molar-refractivity contribution >= 4 is 0 Å². The summed E-state index contributed by atoms with van der Waals surface area (Å²) in [6, 6.07) is 4.40. The van der Waals surface area contributed by atoms with Crippen molar-refractivity contribution in [1.29, 1.82) is 0 Å². The number of hydrogen-bond donors (Lipinski definition) is 1. The molecule has 0 radical (unpaired) electrons. The molecule has 1 atom stereocenters. The highest BCUT2D eigenvalue weighted by Crippen LogP contribution is 2.34. The summed E-state index contributed by atoms with van der Waals surface area (Å²) >= 11 is 0. The lowest BCUT2D eigenvalue weighted by Gasteiger charge is -2.39. The van der Waals surface area contributed by atoms with Crippen molar-refractivity contribution in [3.05, 3.63) is 29.6 Å². The quantitative estimate of drug-likeness (QED) is 0.806. The van der Waals surface area contributed by atoms with Crippen LogP contribution < -0.4 is 5.32 Å². The van der Waals surface area contributed by atoms with E-state index >= 15 is 0 Å². The number of methoxy groups -OCH3 is 1. The summed E-state index contributed by atoms with van der Waals surface area (Å²) in [5.41, 5.74) is 2.09. The molecule has 0 spiro atoms. The van der Waals surface area contributed by atoms with Gasteiger partial charge in [-0.15, -0.1) is 0 Å². The third-order valence-electron chi connectivity index (χ3n) is 3.81. The summed E-state index contributed by atoms with van der Waals surface area (Å²) < 4.78 is 5.85. The molecule has 1 N–H and O–H groups in total. The zero-order chi connectivity index (χ0) is 13.6. The molecule has 1 aromatic rings. The Kier molecular flexibility index (Phi) is 5.76. The molecule has 1 unspecified atom stereocenters. The van der Waals surface area contributed by atoms with Gasteiger partial charge < -0.3 is 10.1 Å². The lowest BCUT2D eigenvalue weighted by atomic mass is 9.84. The second-order valence-electron chi connectivity index (χ2n) is 4.70. The van der Waals surface area contributed by atoms with Crippen LogP contribution in [-0.2, 0) is 4.74 Å². The molecule has 0 saturated carbocycles. The van der Waals surface area contributed by atoms with Crippen LogP contribution in [0.15, 0.2) is 18.3 Å². The van der Waals surface area contributed by atoms with E-state index in [1.54, 1.807) is 7.11 Å². The number of rotatable bonds is 7. The minimum absolute atomic E-state index is 0.160. The maximum absolute atomic E-state index is 5.85. The molecule has 0 bridgehead atoms. The van der Waals surface area contributed by atoms with Crippen LogP contribution in [0.1, 0.15) is 50.9 Å². The fraction of sp³-hybridized carbons (Fsp3) is 0.667. The SMILES string of the molecule is CCNC(c1ccc(C)nc1)C(CC)(CC)OC. The molecular weight excluding hydrogens is 224 g/mol. The van der Waals surface area contributed by atoms with E-state index in [0.717, 1.165) is 25.1 Å². The number of nitrogens with one attached hydrogen (secondary N) is 1. The first-order chi connectivity index (χ1) is 8.63. The van der Waals surface area contributed by atoms with Crippen molar-refractivity contribution in [2.45, 2.75) is 52.2 Å². The molecule has 1 rings (SSSR count). The van der Waals surface area contributed by atoms with E-state index in [1.165, 1.54) is 5.56 Å². The van der Waals surface area contributed by atoms with Crippen molar-refractivity contribution in [2.75, 3.05) is 13.7 Å². The molecule has 0 aliphatic heterocycles. The van der Waals surface area contributed by atoms with E-state index in [2.05, 4.69) is 43.2 Å². The zero-order valence-corrected chi connectivity index (χ0v) is 12.3. The monoisotopic (exact) mass is 250 g/mol. The van der Waals surface area contributed by atoms with Crippen molar-refractivity contribution < 1.29 is 4.74 Å².